The van der Waals surface area contributed by atoms with Crippen LogP contribution in [0.25, 0.3) is 5.76 Å². The summed E-state index contributed by atoms with van der Waals surface area (Å²) >= 11 is 1.17. The van der Waals surface area contributed by atoms with Gasteiger partial charge < -0.3 is 21.1 Å². The molecule has 21 heavy (non-hydrogen) atoms. The van der Waals surface area contributed by atoms with E-state index in [9.17, 15) is 20.1 Å². The van der Waals surface area contributed by atoms with E-state index in [4.69, 9.17) is 11.0 Å². The first-order valence-corrected chi connectivity index (χ1v) is 6.48. The molecule has 7 nitrogen and oxygen atoms in total. The van der Waals surface area contributed by atoms with Crippen molar-refractivity contribution in [1.29, 1.82) is 5.26 Å². The van der Waals surface area contributed by atoms with Crippen LogP contribution in [-0.2, 0) is 0 Å². The van der Waals surface area contributed by atoms with Crippen LogP contribution in [0.2, 0.25) is 0 Å². The van der Waals surface area contributed by atoms with E-state index in [1.807, 2.05) is 0 Å². The van der Waals surface area contributed by atoms with Crippen LogP contribution in [0, 0.1) is 11.3 Å². The molecule has 0 saturated heterocycles. The first-order valence-electron chi connectivity index (χ1n) is 5.53. The van der Waals surface area contributed by atoms with Gasteiger partial charge >= 0.3 is 0 Å². The van der Waals surface area contributed by atoms with Crippen LogP contribution in [0.4, 0.5) is 5.69 Å². The van der Waals surface area contributed by atoms with Gasteiger partial charge in [0.2, 0.25) is 5.78 Å². The number of Topliss-reactive ketones (excluding diaryl/α,β-unsaturated/α-hetero) is 1. The lowest BCUT2D eigenvalue weighted by Crippen LogP contribution is -2.05. The third-order valence-electron chi connectivity index (χ3n) is 2.63. The van der Waals surface area contributed by atoms with Gasteiger partial charge in [0.1, 0.15) is 23.1 Å². The average Bonchev–Trinajstić information content (AvgIpc) is 2.98. The van der Waals surface area contributed by atoms with E-state index < -0.39 is 28.6 Å². The van der Waals surface area contributed by atoms with Crippen molar-refractivity contribution >= 4 is 28.6 Å². The molecule has 1 aromatic carbocycles. The van der Waals surface area contributed by atoms with E-state index in [2.05, 4.69) is 4.98 Å². The van der Waals surface area contributed by atoms with Gasteiger partial charge in [-0.15, -0.1) is 11.3 Å². The Kier molecular flexibility index (Phi) is 3.77. The van der Waals surface area contributed by atoms with E-state index in [-0.39, 0.29) is 16.9 Å². The molecule has 2 rings (SSSR count). The number of allylic oxidation sites excluding steroid dienone is 1. The number of aliphatic hydroxyl groups excluding tert-OH is 1. The molecule has 0 saturated carbocycles. The number of benzene rings is 1. The maximum atomic E-state index is 12.0. The summed E-state index contributed by atoms with van der Waals surface area (Å²) in [5.41, 5.74) is 6.09. The van der Waals surface area contributed by atoms with Crippen molar-refractivity contribution in [3.05, 3.63) is 39.9 Å². The third-order valence-corrected chi connectivity index (χ3v) is 3.22. The van der Waals surface area contributed by atoms with Crippen molar-refractivity contribution in [3.63, 3.8) is 0 Å². The molecular formula is C13H9N3O4S. The molecule has 0 radical (unpaired) electrons. The predicted molar refractivity (Wildman–Crippen MR) is 75.8 cm³/mol. The molecular weight excluding hydrogens is 294 g/mol. The van der Waals surface area contributed by atoms with E-state index in [0.717, 1.165) is 12.1 Å². The van der Waals surface area contributed by atoms with Gasteiger partial charge in [0.05, 0.1) is 11.2 Å². The molecule has 0 aliphatic rings. The molecule has 1 aromatic heterocycles. The van der Waals surface area contributed by atoms with Crippen LogP contribution in [0.3, 0.4) is 0 Å². The number of aliphatic hydroxyl groups is 1. The number of carbonyl (C=O) groups excluding carboxylic acids is 1. The van der Waals surface area contributed by atoms with Gasteiger partial charge in [0.25, 0.3) is 0 Å². The zero-order valence-corrected chi connectivity index (χ0v) is 11.3. The SMILES string of the molecule is N#C/C(C(=O)c1cscn1)=C(/O)c1cc(N)c(O)c(O)c1. The van der Waals surface area contributed by atoms with Crippen LogP contribution in [0.15, 0.2) is 28.6 Å². The number of carbonyl (C=O) groups is 1. The first-order chi connectivity index (χ1) is 9.95. The number of hydrogen-bond acceptors (Lipinski definition) is 8. The second-order valence-electron chi connectivity index (χ2n) is 3.97. The van der Waals surface area contributed by atoms with E-state index >= 15 is 0 Å². The average molecular weight is 303 g/mol. The van der Waals surface area contributed by atoms with Crippen molar-refractivity contribution in [2.24, 2.45) is 0 Å². The number of ketones is 1. The van der Waals surface area contributed by atoms with Gasteiger partial charge in [-0.25, -0.2) is 4.98 Å². The largest absolute Gasteiger partial charge is 0.506 e. The smallest absolute Gasteiger partial charge is 0.226 e. The Balaban J connectivity index is 2.55. The number of phenolic OH excluding ortho intramolecular Hbond substituents is 2. The van der Waals surface area contributed by atoms with E-state index in [1.165, 1.54) is 22.2 Å². The van der Waals surface area contributed by atoms with E-state index in [1.54, 1.807) is 6.07 Å². The number of hydrogen-bond donors (Lipinski definition) is 4. The minimum absolute atomic E-state index is 0.0269. The van der Waals surface area contributed by atoms with Crippen LogP contribution < -0.4 is 5.73 Å². The molecule has 106 valence electrons. The fourth-order valence-electron chi connectivity index (χ4n) is 1.59. The van der Waals surface area contributed by atoms with Crippen molar-refractivity contribution in [3.8, 4) is 17.6 Å². The number of nitrogens with zero attached hydrogens (tertiary/aromatic N) is 2. The molecule has 0 fully saturated rings. The number of thiazole rings is 1. The normalized spacial score (nSPS) is 11.6. The highest BCUT2D eigenvalue weighted by molar-refractivity contribution is 7.07. The third kappa shape index (κ3) is 2.63. The van der Waals surface area contributed by atoms with Crippen LogP contribution >= 0.6 is 11.3 Å². The number of nitriles is 1. The van der Waals surface area contributed by atoms with Gasteiger partial charge in [0, 0.05) is 10.9 Å². The molecule has 0 amide bonds. The minimum Gasteiger partial charge on any atom is -0.506 e. The number of aromatic nitrogens is 1. The van der Waals surface area contributed by atoms with Gasteiger partial charge in [-0.05, 0) is 12.1 Å². The summed E-state index contributed by atoms with van der Waals surface area (Å²) in [6, 6.07) is 3.73. The fourth-order valence-corrected chi connectivity index (χ4v) is 2.12. The summed E-state index contributed by atoms with van der Waals surface area (Å²) < 4.78 is 0. The van der Waals surface area contributed by atoms with Gasteiger partial charge in [-0.3, -0.25) is 4.79 Å². The number of nitrogens with two attached hydrogens (primary N) is 1. The highest BCUT2D eigenvalue weighted by Crippen LogP contribution is 2.35. The Morgan fingerprint density at radius 2 is 2.10 bits per heavy atom. The van der Waals surface area contributed by atoms with Gasteiger partial charge in [-0.1, -0.05) is 0 Å². The number of rotatable bonds is 3. The first kappa shape index (κ1) is 14.4. The van der Waals surface area contributed by atoms with E-state index in [0.29, 0.717) is 0 Å². The van der Waals surface area contributed by atoms with Crippen molar-refractivity contribution in [2.45, 2.75) is 0 Å². The zero-order valence-electron chi connectivity index (χ0n) is 10.4. The summed E-state index contributed by atoms with van der Waals surface area (Å²) in [5, 5.41) is 39.4. The topological polar surface area (TPSA) is 140 Å². The Morgan fingerprint density at radius 1 is 1.38 bits per heavy atom. The summed E-state index contributed by atoms with van der Waals surface area (Å²) in [6.45, 7) is 0. The number of phenols is 2. The Labute approximate surface area is 122 Å². The van der Waals surface area contributed by atoms with Crippen molar-refractivity contribution in [2.75, 3.05) is 5.73 Å². The Morgan fingerprint density at radius 3 is 2.62 bits per heavy atom. The molecule has 0 aliphatic carbocycles. The van der Waals surface area contributed by atoms with Crippen LogP contribution in [0.5, 0.6) is 11.5 Å². The maximum absolute atomic E-state index is 12.0. The number of aromatic hydroxyl groups is 2. The van der Waals surface area contributed by atoms with Crippen molar-refractivity contribution in [1.82, 2.24) is 4.98 Å². The van der Waals surface area contributed by atoms with Crippen molar-refractivity contribution < 1.29 is 20.1 Å². The summed E-state index contributed by atoms with van der Waals surface area (Å²) in [7, 11) is 0. The lowest BCUT2D eigenvalue weighted by molar-refractivity contribution is 0.103. The predicted octanol–water partition coefficient (Wildman–Crippen LogP) is 1.81. The summed E-state index contributed by atoms with van der Waals surface area (Å²) in [6.07, 6.45) is 0. The lowest BCUT2D eigenvalue weighted by Gasteiger charge is -2.07. The second-order valence-corrected chi connectivity index (χ2v) is 4.69. The Bertz CT molecular complexity index is 752. The molecule has 0 atom stereocenters. The molecule has 0 unspecified atom stereocenters. The lowest BCUT2D eigenvalue weighted by atomic mass is 10.0. The maximum Gasteiger partial charge on any atom is 0.226 e. The molecule has 1 heterocycles. The molecule has 0 aliphatic heterocycles. The summed E-state index contributed by atoms with van der Waals surface area (Å²) in [5.74, 6) is -2.52. The fraction of sp³-hybridized carbons (Fsp3) is 0. The van der Waals surface area contributed by atoms with Gasteiger partial charge in [-0.2, -0.15) is 5.26 Å². The highest BCUT2D eigenvalue weighted by Gasteiger charge is 2.21. The van der Waals surface area contributed by atoms with Crippen LogP contribution in [0.1, 0.15) is 16.1 Å². The second kappa shape index (κ2) is 5.52. The summed E-state index contributed by atoms with van der Waals surface area (Å²) in [4.78, 5) is 15.8. The quantitative estimate of drug-likeness (QED) is 0.169. The zero-order chi connectivity index (χ0) is 15.6. The standard InChI is InChI=1S/C13H9N3O4S/c14-3-7(12(19)9-4-21-5-16-9)11(18)6-1-8(15)13(20)10(17)2-6/h1-2,4-5,17-18,20H,15H2/b11-7-. The molecule has 2 aromatic rings. The number of nitrogen functional groups attached to an aromatic ring is 1. The monoisotopic (exact) mass is 303 g/mol. The van der Waals surface area contributed by atoms with Gasteiger partial charge in [0.15, 0.2) is 11.5 Å². The number of anilines is 1. The molecule has 8 heteroatoms. The molecule has 0 bridgehead atoms. The molecule has 5 N–H and O–H groups in total. The minimum atomic E-state index is -0.748. The highest BCUT2D eigenvalue weighted by atomic mass is 32.1. The molecule has 0 spiro atoms. The Hall–Kier alpha value is -3.05. The van der Waals surface area contributed by atoms with Crippen LogP contribution in [-0.4, -0.2) is 26.1 Å².